The summed E-state index contributed by atoms with van der Waals surface area (Å²) in [6.45, 7) is 3.17. The van der Waals surface area contributed by atoms with Gasteiger partial charge in [-0.2, -0.15) is 0 Å². The van der Waals surface area contributed by atoms with E-state index in [0.29, 0.717) is 12.2 Å². The van der Waals surface area contributed by atoms with Gasteiger partial charge in [0.25, 0.3) is 5.91 Å². The fourth-order valence-corrected chi connectivity index (χ4v) is 4.45. The van der Waals surface area contributed by atoms with Crippen LogP contribution in [0.3, 0.4) is 0 Å². The van der Waals surface area contributed by atoms with Gasteiger partial charge in [-0.3, -0.25) is 4.79 Å². The zero-order valence-electron chi connectivity index (χ0n) is 11.8. The maximum Gasteiger partial charge on any atom is 0.274 e. The summed E-state index contributed by atoms with van der Waals surface area (Å²) in [4.78, 5) is 20.1. The lowest BCUT2D eigenvalue weighted by molar-refractivity contribution is 0.0759. The Morgan fingerprint density at radius 2 is 2.19 bits per heavy atom. The van der Waals surface area contributed by atoms with Crippen molar-refractivity contribution in [2.24, 2.45) is 5.73 Å². The molecule has 6 heteroatoms. The summed E-state index contributed by atoms with van der Waals surface area (Å²) in [5, 5.41) is 0.983. The Balaban J connectivity index is 1.97. The van der Waals surface area contributed by atoms with Crippen LogP contribution >= 0.6 is 23.1 Å². The van der Waals surface area contributed by atoms with Crippen molar-refractivity contribution in [1.29, 1.82) is 0 Å². The zero-order valence-corrected chi connectivity index (χ0v) is 13.4. The quantitative estimate of drug-likeness (QED) is 0.945. The third kappa shape index (κ3) is 2.84. The predicted octanol–water partition coefficient (Wildman–Crippen LogP) is 2.59. The monoisotopic (exact) mass is 319 g/mol. The normalized spacial score (nSPS) is 18.2. The second-order valence-electron chi connectivity index (χ2n) is 4.84. The second kappa shape index (κ2) is 6.17. The summed E-state index contributed by atoms with van der Waals surface area (Å²) < 4.78 is 0. The molecule has 1 fully saturated rings. The lowest BCUT2D eigenvalue weighted by atomic mass is 10.1. The van der Waals surface area contributed by atoms with Gasteiger partial charge in [-0.25, -0.2) is 4.98 Å². The number of hydrogen-bond acceptors (Lipinski definition) is 5. The van der Waals surface area contributed by atoms with E-state index in [2.05, 4.69) is 4.98 Å². The standard InChI is InChI=1S/C15H17N3OS2/c1-10-17-13(14(21-10)11-5-3-2-4-6-11)15(19)18-7-8-20-12(18)9-16/h2-6,12H,7-9,16H2,1H3. The molecule has 0 saturated carbocycles. The van der Waals surface area contributed by atoms with E-state index in [0.717, 1.165) is 27.7 Å². The van der Waals surface area contributed by atoms with Crippen molar-refractivity contribution in [3.8, 4) is 10.4 Å². The molecule has 4 nitrogen and oxygen atoms in total. The van der Waals surface area contributed by atoms with Gasteiger partial charge < -0.3 is 10.6 Å². The Morgan fingerprint density at radius 1 is 1.43 bits per heavy atom. The Labute approximate surface area is 132 Å². The summed E-state index contributed by atoms with van der Waals surface area (Å²) in [7, 11) is 0. The molecular weight excluding hydrogens is 302 g/mol. The van der Waals surface area contributed by atoms with Crippen molar-refractivity contribution in [3.63, 3.8) is 0 Å². The van der Waals surface area contributed by atoms with Gasteiger partial charge in [-0.1, -0.05) is 30.3 Å². The molecule has 1 amide bonds. The fourth-order valence-electron chi connectivity index (χ4n) is 2.44. The summed E-state index contributed by atoms with van der Waals surface area (Å²) in [5.74, 6) is 0.941. The molecule has 0 aliphatic carbocycles. The molecule has 21 heavy (non-hydrogen) atoms. The van der Waals surface area contributed by atoms with Gasteiger partial charge in [-0.05, 0) is 12.5 Å². The highest BCUT2D eigenvalue weighted by molar-refractivity contribution is 8.00. The molecular formula is C15H17N3OS2. The van der Waals surface area contributed by atoms with Gasteiger partial charge in [0.15, 0.2) is 0 Å². The molecule has 0 spiro atoms. The lowest BCUT2D eigenvalue weighted by Crippen LogP contribution is -2.39. The van der Waals surface area contributed by atoms with Crippen molar-refractivity contribution in [2.45, 2.75) is 12.3 Å². The molecule has 2 N–H and O–H groups in total. The van der Waals surface area contributed by atoms with Crippen LogP contribution in [0.2, 0.25) is 0 Å². The van der Waals surface area contributed by atoms with Crippen molar-refractivity contribution < 1.29 is 4.79 Å². The van der Waals surface area contributed by atoms with Crippen molar-refractivity contribution in [3.05, 3.63) is 41.0 Å². The van der Waals surface area contributed by atoms with E-state index in [4.69, 9.17) is 5.73 Å². The van der Waals surface area contributed by atoms with E-state index in [-0.39, 0.29) is 11.3 Å². The number of rotatable bonds is 3. The average molecular weight is 319 g/mol. The number of carbonyl (C=O) groups excluding carboxylic acids is 1. The molecule has 1 unspecified atom stereocenters. The van der Waals surface area contributed by atoms with E-state index in [9.17, 15) is 4.79 Å². The number of amides is 1. The zero-order chi connectivity index (χ0) is 14.8. The van der Waals surface area contributed by atoms with Gasteiger partial charge in [-0.15, -0.1) is 23.1 Å². The molecule has 1 aromatic carbocycles. The minimum Gasteiger partial charge on any atom is -0.328 e. The smallest absolute Gasteiger partial charge is 0.274 e. The fraction of sp³-hybridized carbons (Fsp3) is 0.333. The van der Waals surface area contributed by atoms with E-state index < -0.39 is 0 Å². The number of aryl methyl sites for hydroxylation is 1. The molecule has 0 bridgehead atoms. The Kier molecular flexibility index (Phi) is 4.28. The van der Waals surface area contributed by atoms with Gasteiger partial charge >= 0.3 is 0 Å². The molecule has 0 radical (unpaired) electrons. The molecule has 1 saturated heterocycles. The first kappa shape index (κ1) is 14.6. The van der Waals surface area contributed by atoms with Gasteiger partial charge in [0, 0.05) is 18.8 Å². The first-order valence-corrected chi connectivity index (χ1v) is 8.72. The molecule has 1 aliphatic rings. The van der Waals surface area contributed by atoms with E-state index in [1.807, 2.05) is 42.2 Å². The SMILES string of the molecule is Cc1nc(C(=O)N2CCSC2CN)c(-c2ccccc2)s1. The van der Waals surface area contributed by atoms with Gasteiger partial charge in [0.2, 0.25) is 0 Å². The maximum atomic E-state index is 12.8. The third-order valence-electron chi connectivity index (χ3n) is 3.43. The Hall–Kier alpha value is -1.37. The Morgan fingerprint density at radius 3 is 2.90 bits per heavy atom. The summed E-state index contributed by atoms with van der Waals surface area (Å²) in [5.41, 5.74) is 7.37. The number of aromatic nitrogens is 1. The highest BCUT2D eigenvalue weighted by atomic mass is 32.2. The minimum absolute atomic E-state index is 0.00125. The number of thiazole rings is 1. The number of benzene rings is 1. The predicted molar refractivity (Wildman–Crippen MR) is 88.6 cm³/mol. The van der Waals surface area contributed by atoms with Gasteiger partial charge in [0.05, 0.1) is 15.3 Å². The first-order valence-electron chi connectivity index (χ1n) is 6.86. The van der Waals surface area contributed by atoms with E-state index in [1.54, 1.807) is 23.1 Å². The average Bonchev–Trinajstić information content (AvgIpc) is 3.13. The molecule has 110 valence electrons. The van der Waals surface area contributed by atoms with Crippen LogP contribution in [0.15, 0.2) is 30.3 Å². The van der Waals surface area contributed by atoms with E-state index in [1.165, 1.54) is 0 Å². The number of hydrogen-bond donors (Lipinski definition) is 1. The molecule has 2 heterocycles. The highest BCUT2D eigenvalue weighted by Gasteiger charge is 2.32. The van der Waals surface area contributed by atoms with Crippen LogP contribution in [0.25, 0.3) is 10.4 Å². The van der Waals surface area contributed by atoms with Crippen molar-refractivity contribution in [1.82, 2.24) is 9.88 Å². The summed E-state index contributed by atoms with van der Waals surface area (Å²) in [6.07, 6.45) is 0. The molecule has 1 aromatic heterocycles. The van der Waals surface area contributed by atoms with Crippen LogP contribution < -0.4 is 5.73 Å². The first-order chi connectivity index (χ1) is 10.2. The number of thioether (sulfide) groups is 1. The maximum absolute atomic E-state index is 12.8. The van der Waals surface area contributed by atoms with Crippen LogP contribution in [0.1, 0.15) is 15.5 Å². The van der Waals surface area contributed by atoms with Crippen molar-refractivity contribution in [2.75, 3.05) is 18.8 Å². The van der Waals surface area contributed by atoms with Crippen LogP contribution in [-0.4, -0.2) is 40.0 Å². The highest BCUT2D eigenvalue weighted by Crippen LogP contribution is 2.33. The third-order valence-corrected chi connectivity index (χ3v) is 5.70. The molecule has 1 aliphatic heterocycles. The molecule has 2 aromatic rings. The number of carbonyl (C=O) groups is 1. The molecule has 1 atom stereocenters. The molecule has 3 rings (SSSR count). The van der Waals surface area contributed by atoms with Crippen LogP contribution in [-0.2, 0) is 0 Å². The summed E-state index contributed by atoms with van der Waals surface area (Å²) >= 11 is 3.30. The number of nitrogens with zero attached hydrogens (tertiary/aromatic N) is 2. The number of nitrogens with two attached hydrogens (primary N) is 1. The Bertz CT molecular complexity index is 642. The van der Waals surface area contributed by atoms with Crippen LogP contribution in [0.4, 0.5) is 0 Å². The minimum atomic E-state index is -0.00125. The topological polar surface area (TPSA) is 59.2 Å². The largest absolute Gasteiger partial charge is 0.328 e. The van der Waals surface area contributed by atoms with E-state index >= 15 is 0 Å². The van der Waals surface area contributed by atoms with Crippen LogP contribution in [0.5, 0.6) is 0 Å². The van der Waals surface area contributed by atoms with Crippen molar-refractivity contribution >= 4 is 29.0 Å². The summed E-state index contributed by atoms with van der Waals surface area (Å²) in [6, 6.07) is 9.96. The van der Waals surface area contributed by atoms with Crippen LogP contribution in [0, 0.1) is 6.92 Å². The second-order valence-corrected chi connectivity index (χ2v) is 7.33. The van der Waals surface area contributed by atoms with Gasteiger partial charge in [0.1, 0.15) is 5.69 Å². The lowest BCUT2D eigenvalue weighted by Gasteiger charge is -2.22.